The fraction of sp³-hybridized carbons (Fsp3) is 0.273. The first kappa shape index (κ1) is 12.4. The van der Waals surface area contributed by atoms with Crippen LogP contribution in [0.2, 0.25) is 0 Å². The molecule has 1 aromatic carbocycles. The summed E-state index contributed by atoms with van der Waals surface area (Å²) in [5, 5.41) is 0. The molecule has 0 saturated carbocycles. The highest BCUT2D eigenvalue weighted by Crippen LogP contribution is 2.34. The molecule has 0 spiro atoms. The van der Waals surface area contributed by atoms with E-state index in [0.29, 0.717) is 5.75 Å². The molecule has 1 aromatic rings. The normalized spacial score (nSPS) is 11.1. The smallest absolute Gasteiger partial charge is 0.416 e. The van der Waals surface area contributed by atoms with Gasteiger partial charge in [0.1, 0.15) is 11.5 Å². The number of hydrogen-bond donors (Lipinski definition) is 0. The van der Waals surface area contributed by atoms with Crippen LogP contribution in [0.15, 0.2) is 24.8 Å². The second-order valence-electron chi connectivity index (χ2n) is 3.04. The summed E-state index contributed by atoms with van der Waals surface area (Å²) < 4.78 is 47.1. The number of halogens is 3. The number of benzene rings is 1. The minimum atomic E-state index is -4.39. The molecule has 5 heteroatoms. The molecular formula is C11H11F3O2. The zero-order valence-electron chi connectivity index (χ0n) is 8.89. The van der Waals surface area contributed by atoms with Gasteiger partial charge >= 0.3 is 6.18 Å². The highest BCUT2D eigenvalue weighted by Gasteiger charge is 2.31. The first-order valence-electron chi connectivity index (χ1n) is 4.38. The van der Waals surface area contributed by atoms with Crippen LogP contribution in [0.5, 0.6) is 5.75 Å². The van der Waals surface area contributed by atoms with Crippen LogP contribution >= 0.6 is 0 Å². The van der Waals surface area contributed by atoms with Crippen LogP contribution < -0.4 is 4.74 Å². The van der Waals surface area contributed by atoms with Crippen molar-refractivity contribution < 1.29 is 22.6 Å². The van der Waals surface area contributed by atoms with Crippen molar-refractivity contribution >= 4 is 5.76 Å². The van der Waals surface area contributed by atoms with Gasteiger partial charge in [-0.25, -0.2) is 0 Å². The van der Waals surface area contributed by atoms with Crippen LogP contribution in [0.25, 0.3) is 5.76 Å². The molecular weight excluding hydrogens is 221 g/mol. The molecule has 2 nitrogen and oxygen atoms in total. The molecule has 0 aromatic heterocycles. The van der Waals surface area contributed by atoms with Crippen LogP contribution in [0.3, 0.4) is 0 Å². The summed E-state index contributed by atoms with van der Waals surface area (Å²) in [6.45, 7) is 3.51. The number of rotatable bonds is 3. The molecule has 16 heavy (non-hydrogen) atoms. The van der Waals surface area contributed by atoms with Crippen molar-refractivity contribution in [1.82, 2.24) is 0 Å². The fourth-order valence-electron chi connectivity index (χ4n) is 1.21. The second kappa shape index (κ2) is 4.47. The fourth-order valence-corrected chi connectivity index (χ4v) is 1.21. The molecule has 0 aliphatic carbocycles. The van der Waals surface area contributed by atoms with Crippen LogP contribution in [0, 0.1) is 0 Å². The molecule has 0 aliphatic heterocycles. The van der Waals surface area contributed by atoms with Gasteiger partial charge in [0.15, 0.2) is 0 Å². The summed E-state index contributed by atoms with van der Waals surface area (Å²) in [6, 6.07) is 3.14. The van der Waals surface area contributed by atoms with Crippen molar-refractivity contribution in [2.75, 3.05) is 14.2 Å². The third-order valence-electron chi connectivity index (χ3n) is 2.07. The van der Waals surface area contributed by atoms with Gasteiger partial charge in [-0.1, -0.05) is 6.58 Å². The van der Waals surface area contributed by atoms with E-state index in [4.69, 9.17) is 9.47 Å². The van der Waals surface area contributed by atoms with Crippen molar-refractivity contribution in [1.29, 1.82) is 0 Å². The zero-order valence-corrected chi connectivity index (χ0v) is 8.89. The molecule has 0 radical (unpaired) electrons. The van der Waals surface area contributed by atoms with Crippen LogP contribution in [0.4, 0.5) is 13.2 Å². The number of alkyl halides is 3. The SMILES string of the molecule is C=C(OC)c1cc(C(F)(F)F)ccc1OC. The van der Waals surface area contributed by atoms with Crippen LogP contribution in [-0.4, -0.2) is 14.2 Å². The van der Waals surface area contributed by atoms with Crippen molar-refractivity contribution in [3.05, 3.63) is 35.9 Å². The second-order valence-corrected chi connectivity index (χ2v) is 3.04. The highest BCUT2D eigenvalue weighted by molar-refractivity contribution is 5.64. The lowest BCUT2D eigenvalue weighted by Crippen LogP contribution is -2.06. The van der Waals surface area contributed by atoms with E-state index >= 15 is 0 Å². The summed E-state index contributed by atoms with van der Waals surface area (Å²) >= 11 is 0. The third kappa shape index (κ3) is 2.48. The maximum absolute atomic E-state index is 12.5. The minimum Gasteiger partial charge on any atom is -0.497 e. The number of ether oxygens (including phenoxy) is 2. The Balaban J connectivity index is 3.27. The van der Waals surface area contributed by atoms with Crippen LogP contribution in [0.1, 0.15) is 11.1 Å². The van der Waals surface area contributed by atoms with Crippen LogP contribution in [-0.2, 0) is 10.9 Å². The summed E-state index contributed by atoms with van der Waals surface area (Å²) in [5.41, 5.74) is -0.568. The molecule has 0 N–H and O–H groups in total. The van der Waals surface area contributed by atoms with Gasteiger partial charge in [0.25, 0.3) is 0 Å². The van der Waals surface area contributed by atoms with E-state index in [0.717, 1.165) is 12.1 Å². The Kier molecular flexibility index (Phi) is 3.47. The monoisotopic (exact) mass is 232 g/mol. The van der Waals surface area contributed by atoms with Crippen molar-refractivity contribution in [2.24, 2.45) is 0 Å². The summed E-state index contributed by atoms with van der Waals surface area (Å²) in [6.07, 6.45) is -4.39. The van der Waals surface area contributed by atoms with E-state index in [2.05, 4.69) is 6.58 Å². The summed E-state index contributed by atoms with van der Waals surface area (Å²) in [4.78, 5) is 0. The quantitative estimate of drug-likeness (QED) is 0.744. The van der Waals surface area contributed by atoms with Gasteiger partial charge < -0.3 is 9.47 Å². The molecule has 1 rings (SSSR count). The van der Waals surface area contributed by atoms with Gasteiger partial charge in [-0.15, -0.1) is 0 Å². The molecule has 0 amide bonds. The summed E-state index contributed by atoms with van der Waals surface area (Å²) in [7, 11) is 2.71. The minimum absolute atomic E-state index is 0.128. The zero-order chi connectivity index (χ0) is 12.3. The van der Waals surface area contributed by atoms with E-state index in [1.165, 1.54) is 20.3 Å². The largest absolute Gasteiger partial charge is 0.497 e. The molecule has 0 bridgehead atoms. The topological polar surface area (TPSA) is 18.5 Å². The lowest BCUT2D eigenvalue weighted by molar-refractivity contribution is -0.137. The first-order valence-corrected chi connectivity index (χ1v) is 4.38. The lowest BCUT2D eigenvalue weighted by Gasteiger charge is -2.13. The molecule has 88 valence electrons. The molecule has 0 aliphatic rings. The maximum atomic E-state index is 12.5. The van der Waals surface area contributed by atoms with Gasteiger partial charge in [-0.2, -0.15) is 13.2 Å². The number of hydrogen-bond acceptors (Lipinski definition) is 2. The Labute approximate surface area is 91.3 Å². The molecule has 0 heterocycles. The van der Waals surface area contributed by atoms with Gasteiger partial charge in [-0.3, -0.25) is 0 Å². The van der Waals surface area contributed by atoms with E-state index in [-0.39, 0.29) is 11.3 Å². The average molecular weight is 232 g/mol. The predicted octanol–water partition coefficient (Wildman–Crippen LogP) is 3.33. The van der Waals surface area contributed by atoms with Crippen molar-refractivity contribution in [2.45, 2.75) is 6.18 Å². The van der Waals surface area contributed by atoms with Gasteiger partial charge in [0.2, 0.25) is 0 Å². The third-order valence-corrected chi connectivity index (χ3v) is 2.07. The Morgan fingerprint density at radius 1 is 1.25 bits per heavy atom. The Morgan fingerprint density at radius 2 is 1.88 bits per heavy atom. The average Bonchev–Trinajstić information content (AvgIpc) is 2.25. The van der Waals surface area contributed by atoms with Gasteiger partial charge in [0, 0.05) is 0 Å². The Bertz CT molecular complexity index is 397. The molecule has 0 atom stereocenters. The van der Waals surface area contributed by atoms with Gasteiger partial charge in [-0.05, 0) is 18.2 Å². The van der Waals surface area contributed by atoms with E-state index < -0.39 is 11.7 Å². The van der Waals surface area contributed by atoms with E-state index in [1.807, 2.05) is 0 Å². The van der Waals surface area contributed by atoms with Crippen molar-refractivity contribution in [3.63, 3.8) is 0 Å². The maximum Gasteiger partial charge on any atom is 0.416 e. The van der Waals surface area contributed by atoms with E-state index in [1.54, 1.807) is 0 Å². The lowest BCUT2D eigenvalue weighted by atomic mass is 10.1. The predicted molar refractivity (Wildman–Crippen MR) is 54.0 cm³/mol. The standard InChI is InChI=1S/C11H11F3O2/c1-7(15-2)9-6-8(11(12,13)14)4-5-10(9)16-3/h4-6H,1H2,2-3H3. The first-order chi connectivity index (χ1) is 7.40. The molecule has 0 fully saturated rings. The van der Waals surface area contributed by atoms with Gasteiger partial charge in [0.05, 0.1) is 25.3 Å². The van der Waals surface area contributed by atoms with Crippen molar-refractivity contribution in [3.8, 4) is 5.75 Å². The molecule has 0 saturated heterocycles. The highest BCUT2D eigenvalue weighted by atomic mass is 19.4. The Hall–Kier alpha value is -1.65. The summed E-state index contributed by atoms with van der Waals surface area (Å²) in [5.74, 6) is 0.419. The Morgan fingerprint density at radius 3 is 2.31 bits per heavy atom. The molecule has 0 unspecified atom stereocenters. The number of methoxy groups -OCH3 is 2. The van der Waals surface area contributed by atoms with E-state index in [9.17, 15) is 13.2 Å².